The van der Waals surface area contributed by atoms with Gasteiger partial charge < -0.3 is 4.74 Å². The molecule has 38 valence electrons. The van der Waals surface area contributed by atoms with Crippen LogP contribution in [-0.4, -0.2) is 0 Å². The lowest BCUT2D eigenvalue weighted by Crippen LogP contribution is -1.68. The first-order valence-electron chi connectivity index (χ1n) is 1.64. The van der Waals surface area contributed by atoms with Gasteiger partial charge in [-0.05, 0) is 0 Å². The van der Waals surface area contributed by atoms with Crippen molar-refractivity contribution in [2.45, 2.75) is 0 Å². The molecule has 0 aromatic rings. The van der Waals surface area contributed by atoms with E-state index in [4.69, 9.17) is 0 Å². The van der Waals surface area contributed by atoms with Gasteiger partial charge in [-0.15, -0.1) is 0 Å². The number of hydrogen-bond donors (Lipinski definition) is 0. The lowest BCUT2D eigenvalue weighted by atomic mass is 10.9. The molecule has 0 radical (unpaired) electrons. The van der Waals surface area contributed by atoms with Gasteiger partial charge in [0.2, 0.25) is 0 Å². The van der Waals surface area contributed by atoms with Gasteiger partial charge in [0, 0.05) is 0 Å². The van der Waals surface area contributed by atoms with Crippen LogP contribution in [0.25, 0.3) is 0 Å². The minimum atomic E-state index is -0.852. The molecule has 0 N–H and O–H groups in total. The minimum absolute atomic E-state index is 0.852. The molecule has 0 saturated carbocycles. The first-order chi connectivity index (χ1) is 3.31. The summed E-state index contributed by atoms with van der Waals surface area (Å²) in [5, 5.41) is 0. The molecule has 0 aliphatic carbocycles. The number of halogens is 1. The quantitative estimate of drug-likeness (QED) is 0.379. The maximum absolute atomic E-state index is 11.6. The fourth-order valence-corrected chi connectivity index (χ4v) is 0.115. The Labute approximate surface area is 41.4 Å². The van der Waals surface area contributed by atoms with Gasteiger partial charge in [-0.25, -0.2) is 0 Å². The molecule has 0 atom stereocenters. The Morgan fingerprint density at radius 1 is 1.86 bits per heavy atom. The summed E-state index contributed by atoms with van der Waals surface area (Å²) in [6, 6.07) is -0.852. The molecule has 0 bridgehead atoms. The van der Waals surface area contributed by atoms with Crippen molar-refractivity contribution >= 4 is 0 Å². The maximum atomic E-state index is 11.6. The standard InChI is InChI=1S/C5H5FO/c1-3-5(6)7-4-2/h4H,1-2H2. The van der Waals surface area contributed by atoms with Gasteiger partial charge in [-0.1, -0.05) is 18.9 Å². The number of rotatable bonds is 2. The molecular weight excluding hydrogens is 95.1 g/mol. The third kappa shape index (κ3) is 2.80. The molecule has 0 spiro atoms. The van der Waals surface area contributed by atoms with Crippen LogP contribution in [0.1, 0.15) is 0 Å². The zero-order chi connectivity index (χ0) is 5.70. The smallest absolute Gasteiger partial charge is 0.322 e. The van der Waals surface area contributed by atoms with Gasteiger partial charge in [0.1, 0.15) is 0 Å². The molecule has 0 rings (SSSR count). The van der Waals surface area contributed by atoms with E-state index < -0.39 is 6.01 Å². The molecule has 0 saturated heterocycles. The van der Waals surface area contributed by atoms with E-state index >= 15 is 0 Å². The third-order valence-corrected chi connectivity index (χ3v) is 0.326. The molecule has 0 heterocycles. The van der Waals surface area contributed by atoms with Crippen LogP contribution in [0.5, 0.6) is 0 Å². The highest BCUT2D eigenvalue weighted by Crippen LogP contribution is 1.92. The zero-order valence-electron chi connectivity index (χ0n) is 3.78. The SMILES string of the molecule is C=C=C(F)OC=C. The molecule has 0 aliphatic rings. The first kappa shape index (κ1) is 5.99. The molecule has 0 aromatic carbocycles. The van der Waals surface area contributed by atoms with Crippen molar-refractivity contribution in [3.8, 4) is 0 Å². The minimum Gasteiger partial charge on any atom is -0.434 e. The zero-order valence-corrected chi connectivity index (χ0v) is 3.78. The summed E-state index contributed by atoms with van der Waals surface area (Å²) in [5.74, 6) is 0. The monoisotopic (exact) mass is 100 g/mol. The van der Waals surface area contributed by atoms with Gasteiger partial charge in [0.05, 0.1) is 6.26 Å². The van der Waals surface area contributed by atoms with Crippen molar-refractivity contribution in [3.05, 3.63) is 31.2 Å². The van der Waals surface area contributed by atoms with Crippen molar-refractivity contribution in [3.63, 3.8) is 0 Å². The largest absolute Gasteiger partial charge is 0.434 e. The highest BCUT2D eigenvalue weighted by Gasteiger charge is 1.80. The van der Waals surface area contributed by atoms with E-state index in [1.54, 1.807) is 0 Å². The van der Waals surface area contributed by atoms with Crippen LogP contribution in [0.4, 0.5) is 4.39 Å². The highest BCUT2D eigenvalue weighted by atomic mass is 19.1. The molecule has 2 heteroatoms. The Balaban J connectivity index is 3.58. The van der Waals surface area contributed by atoms with E-state index in [2.05, 4.69) is 17.9 Å². The van der Waals surface area contributed by atoms with E-state index in [1.807, 2.05) is 5.73 Å². The van der Waals surface area contributed by atoms with Crippen molar-refractivity contribution < 1.29 is 9.13 Å². The molecule has 7 heavy (non-hydrogen) atoms. The van der Waals surface area contributed by atoms with Crippen LogP contribution < -0.4 is 0 Å². The van der Waals surface area contributed by atoms with Crippen LogP contribution in [0.2, 0.25) is 0 Å². The van der Waals surface area contributed by atoms with Crippen molar-refractivity contribution in [1.82, 2.24) is 0 Å². The topological polar surface area (TPSA) is 9.23 Å². The first-order valence-corrected chi connectivity index (χ1v) is 1.64. The second-order valence-electron chi connectivity index (χ2n) is 0.735. The van der Waals surface area contributed by atoms with E-state index in [9.17, 15) is 4.39 Å². The van der Waals surface area contributed by atoms with Crippen molar-refractivity contribution in [2.24, 2.45) is 0 Å². The lowest BCUT2D eigenvalue weighted by Gasteiger charge is -1.84. The summed E-state index contributed by atoms with van der Waals surface area (Å²) in [4.78, 5) is 0. The van der Waals surface area contributed by atoms with Gasteiger partial charge in [-0.3, -0.25) is 0 Å². The molecule has 0 aromatic heterocycles. The Morgan fingerprint density at radius 2 is 2.43 bits per heavy atom. The highest BCUT2D eigenvalue weighted by molar-refractivity contribution is 4.77. The summed E-state index contributed by atoms with van der Waals surface area (Å²) in [5.41, 5.74) is 1.87. The Bertz CT molecular complexity index is 111. The Hall–Kier alpha value is -1.01. The van der Waals surface area contributed by atoms with Crippen molar-refractivity contribution in [2.75, 3.05) is 0 Å². The Kier molecular flexibility index (Phi) is 2.73. The second kappa shape index (κ2) is 3.19. The van der Waals surface area contributed by atoms with Crippen LogP contribution in [0, 0.1) is 0 Å². The average molecular weight is 100 g/mol. The molecule has 0 amide bonds. The van der Waals surface area contributed by atoms with E-state index in [-0.39, 0.29) is 0 Å². The van der Waals surface area contributed by atoms with E-state index in [0.29, 0.717) is 0 Å². The predicted molar refractivity (Wildman–Crippen MR) is 25.0 cm³/mol. The van der Waals surface area contributed by atoms with Crippen LogP contribution in [0.15, 0.2) is 31.2 Å². The number of ether oxygens (including phenoxy) is 1. The fourth-order valence-electron chi connectivity index (χ4n) is 0.115. The van der Waals surface area contributed by atoms with Gasteiger partial charge in [0.15, 0.2) is 0 Å². The molecule has 0 aliphatic heterocycles. The van der Waals surface area contributed by atoms with Crippen molar-refractivity contribution in [1.29, 1.82) is 0 Å². The normalized spacial score (nSPS) is 6.43. The van der Waals surface area contributed by atoms with Gasteiger partial charge >= 0.3 is 6.01 Å². The second-order valence-corrected chi connectivity index (χ2v) is 0.735. The molecular formula is C5H5FO. The van der Waals surface area contributed by atoms with E-state index in [1.165, 1.54) is 0 Å². The third-order valence-electron chi connectivity index (χ3n) is 0.326. The van der Waals surface area contributed by atoms with Gasteiger partial charge in [-0.2, -0.15) is 4.39 Å². The molecule has 0 fully saturated rings. The van der Waals surface area contributed by atoms with Gasteiger partial charge in [0.25, 0.3) is 0 Å². The summed E-state index contributed by atoms with van der Waals surface area (Å²) < 4.78 is 15.6. The summed E-state index contributed by atoms with van der Waals surface area (Å²) in [7, 11) is 0. The maximum Gasteiger partial charge on any atom is 0.322 e. The van der Waals surface area contributed by atoms with E-state index in [0.717, 1.165) is 6.26 Å². The summed E-state index contributed by atoms with van der Waals surface area (Å²) >= 11 is 0. The molecule has 1 nitrogen and oxygen atoms in total. The van der Waals surface area contributed by atoms with Crippen LogP contribution in [0.3, 0.4) is 0 Å². The average Bonchev–Trinajstić information content (AvgIpc) is 1.68. The molecule has 0 unspecified atom stereocenters. The lowest BCUT2D eigenvalue weighted by molar-refractivity contribution is 0.249. The van der Waals surface area contributed by atoms with Crippen LogP contribution >= 0.6 is 0 Å². The summed E-state index contributed by atoms with van der Waals surface area (Å²) in [6.07, 6.45) is 0.966. The van der Waals surface area contributed by atoms with Crippen LogP contribution in [-0.2, 0) is 4.74 Å². The predicted octanol–water partition coefficient (Wildman–Crippen LogP) is 1.74. The Morgan fingerprint density at radius 3 is 2.57 bits per heavy atom. The fraction of sp³-hybridized carbons (Fsp3) is 0. The number of hydrogen-bond acceptors (Lipinski definition) is 1. The summed E-state index contributed by atoms with van der Waals surface area (Å²) in [6.45, 7) is 6.07.